The first-order valence-electron chi connectivity index (χ1n) is 34.1. The SMILES string of the molecule is Brc1cc2ccc3ccccc3c2c2ccccc12.OB(O)c1c2ccccc2c(-c2ccc(-c3ccc4ccccc4c3)cc2)c2ccccc12.c1ccc2cc(-c3ccc(-c4c5ccccc5c(-c5cc6ccc7ccccc7c6c6ccccc56)c5ccccc45)cc3)ccc2c1. The molecule has 100 heavy (non-hydrogen) atoms. The molecule has 0 heterocycles. The Hall–Kier alpha value is -12.0. The fraction of sp³-hybridized carbons (Fsp3) is 0. The number of benzene rings is 20. The third-order valence-electron chi connectivity index (χ3n) is 20.4. The number of halogens is 1. The predicted octanol–water partition coefficient (Wildman–Crippen LogP) is 25.7. The Bertz CT molecular complexity index is 6520. The Labute approximate surface area is 587 Å². The summed E-state index contributed by atoms with van der Waals surface area (Å²) in [5.74, 6) is 0. The molecular formula is C96H62BBrO2. The molecule has 0 amide bonds. The summed E-state index contributed by atoms with van der Waals surface area (Å²) in [5.41, 5.74) is 12.7. The molecule has 0 atom stereocenters. The number of rotatable bonds is 6. The zero-order valence-corrected chi connectivity index (χ0v) is 56.1. The third-order valence-corrected chi connectivity index (χ3v) is 21.0. The van der Waals surface area contributed by atoms with E-state index in [2.05, 4.69) is 344 Å². The van der Waals surface area contributed by atoms with Crippen molar-refractivity contribution in [3.63, 3.8) is 0 Å². The summed E-state index contributed by atoms with van der Waals surface area (Å²) in [6.07, 6.45) is 0. The number of fused-ring (bicyclic) bond motifs is 16. The van der Waals surface area contributed by atoms with Crippen molar-refractivity contribution in [2.75, 3.05) is 0 Å². The largest absolute Gasteiger partial charge is 0.489 e. The molecule has 20 rings (SSSR count). The van der Waals surface area contributed by atoms with Gasteiger partial charge in [0.1, 0.15) is 0 Å². The van der Waals surface area contributed by atoms with E-state index in [4.69, 9.17) is 0 Å². The first-order valence-corrected chi connectivity index (χ1v) is 34.9. The number of hydrogen-bond donors (Lipinski definition) is 2. The lowest BCUT2D eigenvalue weighted by Crippen LogP contribution is -2.31. The first-order chi connectivity index (χ1) is 49.4. The van der Waals surface area contributed by atoms with Crippen molar-refractivity contribution in [3.8, 4) is 55.6 Å². The van der Waals surface area contributed by atoms with Gasteiger partial charge in [-0.15, -0.1) is 0 Å². The standard InChI is InChI=1S/C48H30.C30H21BO2.C18H11Br/c1-2-13-35-29-36(27-23-31(35)11-1)32-21-25-34(26-22-32)46-41-17-7-9-19-43(41)48(44-20-10-8-18-42(44)46)45-30-37-28-24-33-12-3-4-14-38(33)47(37)40-16-6-5-15-39(40)45;32-31(33)30-27-11-5-3-9-25(27)29(26-10-4-6-12-28(26)30)22-16-13-21(14-17-22)24-18-15-20-7-1-2-8-23(20)19-24;19-17-11-13-10-9-12-5-1-2-6-14(12)18(13)16-8-4-3-7-15(16)17/h1-30H;1-19,32-33H;1-11H. The fourth-order valence-corrected chi connectivity index (χ4v) is 16.4. The Kier molecular flexibility index (Phi) is 15.4. The zero-order valence-electron chi connectivity index (χ0n) is 54.5. The minimum absolute atomic E-state index is 0.553. The summed E-state index contributed by atoms with van der Waals surface area (Å²) >= 11 is 3.68. The molecule has 468 valence electrons. The Balaban J connectivity index is 0.000000119. The third kappa shape index (κ3) is 10.6. The highest BCUT2D eigenvalue weighted by atomic mass is 79.9. The molecule has 2 nitrogen and oxygen atoms in total. The van der Waals surface area contributed by atoms with Crippen molar-refractivity contribution in [1.82, 2.24) is 0 Å². The molecule has 0 unspecified atom stereocenters. The molecule has 0 saturated carbocycles. The summed E-state index contributed by atoms with van der Waals surface area (Å²) in [6, 6.07) is 130. The van der Waals surface area contributed by atoms with Gasteiger partial charge in [-0.2, -0.15) is 0 Å². The minimum atomic E-state index is -1.54. The highest BCUT2D eigenvalue weighted by Crippen LogP contribution is 2.48. The van der Waals surface area contributed by atoms with E-state index in [0.29, 0.717) is 5.46 Å². The van der Waals surface area contributed by atoms with Gasteiger partial charge in [-0.3, -0.25) is 0 Å². The van der Waals surface area contributed by atoms with Gasteiger partial charge < -0.3 is 10.0 Å². The molecule has 0 spiro atoms. The summed E-state index contributed by atoms with van der Waals surface area (Å²) in [4.78, 5) is 0. The second kappa shape index (κ2) is 25.4. The second-order valence-electron chi connectivity index (χ2n) is 26.0. The van der Waals surface area contributed by atoms with Crippen molar-refractivity contribution >= 4 is 158 Å². The summed E-state index contributed by atoms with van der Waals surface area (Å²) in [5, 5.41) is 49.7. The van der Waals surface area contributed by atoms with E-state index in [1.165, 1.54) is 152 Å². The van der Waals surface area contributed by atoms with Crippen molar-refractivity contribution in [2.24, 2.45) is 0 Å². The van der Waals surface area contributed by atoms with Crippen LogP contribution in [0.3, 0.4) is 0 Å². The molecule has 0 aromatic heterocycles. The maximum atomic E-state index is 10.2. The minimum Gasteiger partial charge on any atom is -0.423 e. The van der Waals surface area contributed by atoms with Crippen LogP contribution in [-0.4, -0.2) is 17.2 Å². The van der Waals surface area contributed by atoms with E-state index in [1.807, 2.05) is 36.4 Å². The van der Waals surface area contributed by atoms with Crippen LogP contribution in [0.25, 0.3) is 185 Å². The maximum Gasteiger partial charge on any atom is 0.489 e. The Morgan fingerprint density at radius 2 is 0.470 bits per heavy atom. The van der Waals surface area contributed by atoms with Crippen molar-refractivity contribution < 1.29 is 10.0 Å². The Morgan fingerprint density at radius 3 is 0.900 bits per heavy atom. The molecule has 20 aromatic rings. The van der Waals surface area contributed by atoms with Crippen LogP contribution >= 0.6 is 15.9 Å². The normalized spacial score (nSPS) is 11.6. The molecule has 0 aliphatic heterocycles. The zero-order chi connectivity index (χ0) is 66.8. The fourth-order valence-electron chi connectivity index (χ4n) is 15.8. The Morgan fingerprint density at radius 1 is 0.190 bits per heavy atom. The summed E-state index contributed by atoms with van der Waals surface area (Å²) in [6.45, 7) is 0. The van der Waals surface area contributed by atoms with Crippen LogP contribution in [0.2, 0.25) is 0 Å². The molecule has 0 fully saturated rings. The van der Waals surface area contributed by atoms with Crippen LogP contribution in [0, 0.1) is 0 Å². The molecule has 0 bridgehead atoms. The molecule has 0 saturated heterocycles. The van der Waals surface area contributed by atoms with Gasteiger partial charge in [0.2, 0.25) is 0 Å². The van der Waals surface area contributed by atoms with E-state index in [-0.39, 0.29) is 0 Å². The monoisotopic (exact) mass is 1340 g/mol. The van der Waals surface area contributed by atoms with Gasteiger partial charge in [-0.1, -0.05) is 356 Å². The topological polar surface area (TPSA) is 40.5 Å². The molecule has 0 aliphatic carbocycles. The predicted molar refractivity (Wildman–Crippen MR) is 434 cm³/mol. The average molecular weight is 1340 g/mol. The van der Waals surface area contributed by atoms with Gasteiger partial charge in [0.05, 0.1) is 0 Å². The maximum absolute atomic E-state index is 10.2. The second-order valence-corrected chi connectivity index (χ2v) is 26.9. The molecular weight excluding hydrogens is 1280 g/mol. The van der Waals surface area contributed by atoms with Gasteiger partial charge in [-0.25, -0.2) is 0 Å². The van der Waals surface area contributed by atoms with Gasteiger partial charge in [-0.05, 0) is 215 Å². The lowest BCUT2D eigenvalue weighted by Gasteiger charge is -2.20. The van der Waals surface area contributed by atoms with Crippen LogP contribution in [0.4, 0.5) is 0 Å². The van der Waals surface area contributed by atoms with E-state index in [9.17, 15) is 10.0 Å². The first kappa shape index (κ1) is 60.4. The van der Waals surface area contributed by atoms with Crippen LogP contribution < -0.4 is 5.46 Å². The highest BCUT2D eigenvalue weighted by molar-refractivity contribution is 9.10. The highest BCUT2D eigenvalue weighted by Gasteiger charge is 2.24. The van der Waals surface area contributed by atoms with Gasteiger partial charge in [0.15, 0.2) is 0 Å². The van der Waals surface area contributed by atoms with E-state index < -0.39 is 7.12 Å². The van der Waals surface area contributed by atoms with E-state index >= 15 is 0 Å². The lowest BCUT2D eigenvalue weighted by molar-refractivity contribution is 0.426. The lowest BCUT2D eigenvalue weighted by atomic mass is 9.72. The average Bonchev–Trinajstić information content (AvgIpc) is 0.731. The van der Waals surface area contributed by atoms with Crippen molar-refractivity contribution in [3.05, 3.63) is 368 Å². The van der Waals surface area contributed by atoms with Crippen LogP contribution in [0.15, 0.2) is 368 Å². The summed E-state index contributed by atoms with van der Waals surface area (Å²) in [7, 11) is -1.54. The molecule has 0 aliphatic rings. The smallest absolute Gasteiger partial charge is 0.423 e. The van der Waals surface area contributed by atoms with Gasteiger partial charge in [0, 0.05) is 4.47 Å². The summed E-state index contributed by atoms with van der Waals surface area (Å²) < 4.78 is 1.16. The van der Waals surface area contributed by atoms with Gasteiger partial charge in [0.25, 0.3) is 0 Å². The van der Waals surface area contributed by atoms with Gasteiger partial charge >= 0.3 is 7.12 Å². The molecule has 2 N–H and O–H groups in total. The van der Waals surface area contributed by atoms with Crippen LogP contribution in [0.5, 0.6) is 0 Å². The number of hydrogen-bond acceptors (Lipinski definition) is 2. The molecule has 0 radical (unpaired) electrons. The van der Waals surface area contributed by atoms with Crippen LogP contribution in [-0.2, 0) is 0 Å². The molecule has 20 aromatic carbocycles. The molecule has 4 heteroatoms. The van der Waals surface area contributed by atoms with Crippen molar-refractivity contribution in [2.45, 2.75) is 0 Å². The van der Waals surface area contributed by atoms with E-state index in [0.717, 1.165) is 37.1 Å². The van der Waals surface area contributed by atoms with Crippen molar-refractivity contribution in [1.29, 1.82) is 0 Å². The van der Waals surface area contributed by atoms with E-state index in [1.54, 1.807) is 0 Å². The quantitative estimate of drug-likeness (QED) is 0.0990. The van der Waals surface area contributed by atoms with Crippen LogP contribution in [0.1, 0.15) is 0 Å².